The number of nitrogens with zero attached hydrogens (tertiary/aromatic N) is 1. The third-order valence-corrected chi connectivity index (χ3v) is 3.48. The zero-order valence-corrected chi connectivity index (χ0v) is 10.1. The van der Waals surface area contributed by atoms with Crippen molar-refractivity contribution < 1.29 is 4.39 Å². The Morgan fingerprint density at radius 2 is 2.38 bits per heavy atom. The van der Waals surface area contributed by atoms with Gasteiger partial charge in [-0.2, -0.15) is 0 Å². The lowest BCUT2D eigenvalue weighted by Crippen LogP contribution is -2.33. The van der Waals surface area contributed by atoms with E-state index < -0.39 is 0 Å². The molecule has 1 N–H and O–H groups in total. The van der Waals surface area contributed by atoms with Crippen molar-refractivity contribution in [3.05, 3.63) is 34.6 Å². The highest BCUT2D eigenvalue weighted by atomic mass is 35.5. The molecule has 1 heterocycles. The average molecular weight is 243 g/mol. The summed E-state index contributed by atoms with van der Waals surface area (Å²) in [6.07, 6.45) is 1.11. The highest BCUT2D eigenvalue weighted by molar-refractivity contribution is 6.31. The van der Waals surface area contributed by atoms with E-state index in [9.17, 15) is 4.39 Å². The fraction of sp³-hybridized carbons (Fsp3) is 0.500. The molecular formula is C12H16ClFN2. The molecule has 0 amide bonds. The van der Waals surface area contributed by atoms with Crippen LogP contribution >= 0.6 is 11.6 Å². The smallest absolute Gasteiger partial charge is 0.129 e. The third-order valence-electron chi connectivity index (χ3n) is 3.13. The van der Waals surface area contributed by atoms with Gasteiger partial charge < -0.3 is 5.32 Å². The van der Waals surface area contributed by atoms with Gasteiger partial charge in [0.15, 0.2) is 0 Å². The summed E-state index contributed by atoms with van der Waals surface area (Å²) >= 11 is 6.00. The molecule has 1 saturated heterocycles. The number of hydrogen-bond acceptors (Lipinski definition) is 2. The first-order valence-electron chi connectivity index (χ1n) is 5.52. The van der Waals surface area contributed by atoms with Crippen molar-refractivity contribution in [3.63, 3.8) is 0 Å². The molecule has 1 unspecified atom stereocenters. The second-order valence-corrected chi connectivity index (χ2v) is 4.67. The Morgan fingerprint density at radius 3 is 3.00 bits per heavy atom. The molecule has 0 aromatic heterocycles. The van der Waals surface area contributed by atoms with Crippen LogP contribution in [0.5, 0.6) is 0 Å². The molecular weight excluding hydrogens is 227 g/mol. The normalized spacial score (nSPS) is 20.6. The molecule has 16 heavy (non-hydrogen) atoms. The van der Waals surface area contributed by atoms with Gasteiger partial charge in [-0.15, -0.1) is 0 Å². The van der Waals surface area contributed by atoms with Gasteiger partial charge in [0, 0.05) is 29.7 Å². The maximum absolute atomic E-state index is 13.6. The number of halogens is 2. The monoisotopic (exact) mass is 242 g/mol. The van der Waals surface area contributed by atoms with Crippen LogP contribution < -0.4 is 5.32 Å². The molecule has 0 bridgehead atoms. The Balaban J connectivity index is 2.07. The number of rotatable bonds is 3. The molecule has 1 atom stereocenters. The summed E-state index contributed by atoms with van der Waals surface area (Å²) in [4.78, 5) is 2.16. The number of hydrogen-bond donors (Lipinski definition) is 1. The molecule has 4 heteroatoms. The molecule has 0 radical (unpaired) electrons. The van der Waals surface area contributed by atoms with E-state index in [-0.39, 0.29) is 5.82 Å². The molecule has 2 nitrogen and oxygen atoms in total. The summed E-state index contributed by atoms with van der Waals surface area (Å²) in [5, 5.41) is 3.81. The number of nitrogens with one attached hydrogen (secondary N) is 1. The van der Waals surface area contributed by atoms with E-state index in [0.717, 1.165) is 19.5 Å². The maximum atomic E-state index is 13.6. The van der Waals surface area contributed by atoms with Crippen LogP contribution in [0.15, 0.2) is 18.2 Å². The first kappa shape index (κ1) is 11.8. The lowest BCUT2D eigenvalue weighted by molar-refractivity contribution is 0.245. The van der Waals surface area contributed by atoms with Gasteiger partial charge in [0.2, 0.25) is 0 Å². The van der Waals surface area contributed by atoms with Crippen LogP contribution in [0.3, 0.4) is 0 Å². The topological polar surface area (TPSA) is 15.3 Å². The SMILES string of the molecule is CN(Cc1c(F)cccc1Cl)C1CCNC1. The quantitative estimate of drug-likeness (QED) is 0.875. The van der Waals surface area contributed by atoms with Crippen molar-refractivity contribution in [2.75, 3.05) is 20.1 Å². The lowest BCUT2D eigenvalue weighted by Gasteiger charge is -2.24. The van der Waals surface area contributed by atoms with Crippen LogP contribution in [0.4, 0.5) is 4.39 Å². The molecule has 1 aliphatic rings. The lowest BCUT2D eigenvalue weighted by atomic mass is 10.1. The summed E-state index contributed by atoms with van der Waals surface area (Å²) in [5.74, 6) is -0.217. The Labute approximate surface area is 100 Å². The van der Waals surface area contributed by atoms with Gasteiger partial charge in [-0.1, -0.05) is 17.7 Å². The standard InChI is InChI=1S/C12H16ClFN2/c1-16(9-5-6-15-7-9)8-10-11(13)3-2-4-12(10)14/h2-4,9,15H,5-8H2,1H3. The fourth-order valence-corrected chi connectivity index (χ4v) is 2.30. The van der Waals surface area contributed by atoms with Crippen LogP contribution in [0.25, 0.3) is 0 Å². The fourth-order valence-electron chi connectivity index (χ4n) is 2.08. The molecule has 1 aliphatic heterocycles. The van der Waals surface area contributed by atoms with E-state index in [1.54, 1.807) is 12.1 Å². The first-order valence-corrected chi connectivity index (χ1v) is 5.90. The van der Waals surface area contributed by atoms with Gasteiger partial charge in [-0.05, 0) is 32.1 Å². The van der Waals surface area contributed by atoms with E-state index in [1.807, 2.05) is 7.05 Å². The van der Waals surface area contributed by atoms with E-state index in [1.165, 1.54) is 6.07 Å². The highest BCUT2D eigenvalue weighted by Crippen LogP contribution is 2.21. The van der Waals surface area contributed by atoms with Crippen molar-refractivity contribution in [3.8, 4) is 0 Å². The maximum Gasteiger partial charge on any atom is 0.129 e. The second-order valence-electron chi connectivity index (χ2n) is 4.26. The van der Waals surface area contributed by atoms with Gasteiger partial charge in [-0.3, -0.25) is 4.90 Å². The van der Waals surface area contributed by atoms with Crippen molar-refractivity contribution in [1.82, 2.24) is 10.2 Å². The van der Waals surface area contributed by atoms with E-state index in [4.69, 9.17) is 11.6 Å². The van der Waals surface area contributed by atoms with Crippen LogP contribution in [0.2, 0.25) is 5.02 Å². The van der Waals surface area contributed by atoms with Crippen molar-refractivity contribution in [2.45, 2.75) is 19.0 Å². The van der Waals surface area contributed by atoms with Gasteiger partial charge >= 0.3 is 0 Å². The predicted octanol–water partition coefficient (Wildman–Crippen LogP) is 2.27. The number of benzene rings is 1. The molecule has 0 spiro atoms. The minimum atomic E-state index is -0.217. The molecule has 1 aromatic rings. The van der Waals surface area contributed by atoms with Crippen LogP contribution in [0.1, 0.15) is 12.0 Å². The molecule has 1 aromatic carbocycles. The van der Waals surface area contributed by atoms with Gasteiger partial charge in [0.05, 0.1) is 0 Å². The minimum absolute atomic E-state index is 0.217. The summed E-state index contributed by atoms with van der Waals surface area (Å²) in [5.41, 5.74) is 0.596. The molecule has 0 aliphatic carbocycles. The summed E-state index contributed by atoms with van der Waals surface area (Å²) in [6, 6.07) is 5.32. The zero-order valence-electron chi connectivity index (χ0n) is 9.34. The summed E-state index contributed by atoms with van der Waals surface area (Å²) in [6.45, 7) is 2.58. The van der Waals surface area contributed by atoms with Gasteiger partial charge in [-0.25, -0.2) is 4.39 Å². The Kier molecular flexibility index (Phi) is 3.79. The Morgan fingerprint density at radius 1 is 1.56 bits per heavy atom. The highest BCUT2D eigenvalue weighted by Gasteiger charge is 2.20. The van der Waals surface area contributed by atoms with E-state index in [0.29, 0.717) is 23.2 Å². The van der Waals surface area contributed by atoms with Gasteiger partial charge in [0.25, 0.3) is 0 Å². The van der Waals surface area contributed by atoms with Crippen molar-refractivity contribution in [2.24, 2.45) is 0 Å². The summed E-state index contributed by atoms with van der Waals surface area (Å²) in [7, 11) is 2.01. The van der Waals surface area contributed by atoms with Crippen LogP contribution in [-0.2, 0) is 6.54 Å². The molecule has 2 rings (SSSR count). The predicted molar refractivity (Wildman–Crippen MR) is 64.2 cm³/mol. The van der Waals surface area contributed by atoms with Crippen molar-refractivity contribution in [1.29, 1.82) is 0 Å². The molecule has 1 fully saturated rings. The van der Waals surface area contributed by atoms with Crippen LogP contribution in [-0.4, -0.2) is 31.1 Å². The van der Waals surface area contributed by atoms with Crippen LogP contribution in [0, 0.1) is 5.82 Å². The van der Waals surface area contributed by atoms with E-state index >= 15 is 0 Å². The third kappa shape index (κ3) is 2.54. The molecule has 88 valence electrons. The Bertz CT molecular complexity index is 344. The average Bonchev–Trinajstić information content (AvgIpc) is 2.76. The number of likely N-dealkylation sites (N-methyl/N-ethyl adjacent to an activating group) is 1. The Hall–Kier alpha value is -0.640. The minimum Gasteiger partial charge on any atom is -0.315 e. The van der Waals surface area contributed by atoms with Crippen molar-refractivity contribution >= 4 is 11.6 Å². The summed E-state index contributed by atoms with van der Waals surface area (Å²) < 4.78 is 13.6. The molecule has 0 saturated carbocycles. The second kappa shape index (κ2) is 5.13. The largest absolute Gasteiger partial charge is 0.315 e. The van der Waals surface area contributed by atoms with E-state index in [2.05, 4.69) is 10.2 Å². The first-order chi connectivity index (χ1) is 7.68. The zero-order chi connectivity index (χ0) is 11.5. The van der Waals surface area contributed by atoms with Gasteiger partial charge in [0.1, 0.15) is 5.82 Å².